The lowest BCUT2D eigenvalue weighted by Gasteiger charge is -2.05. The van der Waals surface area contributed by atoms with Crippen LogP contribution in [0.15, 0.2) is 17.6 Å². The van der Waals surface area contributed by atoms with Crippen molar-refractivity contribution >= 4 is 29.1 Å². The minimum Gasteiger partial charge on any atom is -0.464 e. The smallest absolute Gasteiger partial charge is 0.380 e. The molecule has 0 fully saturated rings. The number of hydrogen-bond acceptors (Lipinski definition) is 8. The summed E-state index contributed by atoms with van der Waals surface area (Å²) in [5.74, 6) is -2.21. The molecule has 0 saturated carbocycles. The van der Waals surface area contributed by atoms with Crippen molar-refractivity contribution in [3.63, 3.8) is 0 Å². The first kappa shape index (κ1) is 15.8. The first-order valence-electron chi connectivity index (χ1n) is 6.33. The van der Waals surface area contributed by atoms with E-state index in [9.17, 15) is 14.4 Å². The van der Waals surface area contributed by atoms with E-state index in [0.717, 1.165) is 11.3 Å². The zero-order valence-electron chi connectivity index (χ0n) is 11.9. The molecule has 0 aliphatic heterocycles. The molecular weight excluding hydrogens is 310 g/mol. The van der Waals surface area contributed by atoms with Crippen LogP contribution in [0.1, 0.15) is 32.6 Å². The molecule has 2 aromatic rings. The van der Waals surface area contributed by atoms with E-state index in [0.29, 0.717) is 5.56 Å². The lowest BCUT2D eigenvalue weighted by molar-refractivity contribution is -0.137. The average Bonchev–Trinajstić information content (AvgIpc) is 3.15. The van der Waals surface area contributed by atoms with Crippen LogP contribution in [0.3, 0.4) is 0 Å². The summed E-state index contributed by atoms with van der Waals surface area (Å²) < 4.78 is 10.6. The molecule has 0 radical (unpaired) electrons. The summed E-state index contributed by atoms with van der Waals surface area (Å²) in [6.45, 7) is 1.87. The molecule has 2 heterocycles. The maximum atomic E-state index is 12.0. The number of Topliss-reactive ketones (excluding diaryl/α,β-unsaturated/α-hetero) is 1. The Morgan fingerprint density at radius 1 is 1.36 bits per heavy atom. The van der Waals surface area contributed by atoms with Crippen LogP contribution in [0, 0.1) is 0 Å². The van der Waals surface area contributed by atoms with Crippen LogP contribution in [-0.2, 0) is 20.8 Å². The SMILES string of the molecule is CCOC(=O)C(=O)c1sccc1Cn1nncc1C(=O)OC. The van der Waals surface area contributed by atoms with Gasteiger partial charge in [0.15, 0.2) is 5.69 Å². The first-order chi connectivity index (χ1) is 10.6. The second-order valence-corrected chi connectivity index (χ2v) is 5.01. The molecule has 2 rings (SSSR count). The number of esters is 2. The Bertz CT molecular complexity index is 706. The van der Waals surface area contributed by atoms with Crippen molar-refractivity contribution in [2.24, 2.45) is 0 Å². The van der Waals surface area contributed by atoms with Crippen molar-refractivity contribution in [2.45, 2.75) is 13.5 Å². The normalized spacial score (nSPS) is 10.3. The number of carbonyl (C=O) groups is 3. The average molecular weight is 323 g/mol. The minimum absolute atomic E-state index is 0.119. The van der Waals surface area contributed by atoms with E-state index < -0.39 is 17.7 Å². The number of rotatable bonds is 6. The van der Waals surface area contributed by atoms with Crippen LogP contribution >= 0.6 is 11.3 Å². The molecule has 9 heteroatoms. The Morgan fingerprint density at radius 3 is 2.82 bits per heavy atom. The Morgan fingerprint density at radius 2 is 2.14 bits per heavy atom. The molecule has 0 aliphatic carbocycles. The maximum absolute atomic E-state index is 12.0. The van der Waals surface area contributed by atoms with E-state index in [2.05, 4.69) is 15.0 Å². The van der Waals surface area contributed by atoms with Crippen LogP contribution in [0.2, 0.25) is 0 Å². The summed E-state index contributed by atoms with van der Waals surface area (Å²) >= 11 is 1.13. The molecule has 0 saturated heterocycles. The first-order valence-corrected chi connectivity index (χ1v) is 7.21. The highest BCUT2D eigenvalue weighted by molar-refractivity contribution is 7.13. The van der Waals surface area contributed by atoms with Gasteiger partial charge in [-0.25, -0.2) is 14.3 Å². The van der Waals surface area contributed by atoms with Crippen molar-refractivity contribution in [1.29, 1.82) is 0 Å². The molecule has 0 aliphatic rings. The number of thiophene rings is 1. The van der Waals surface area contributed by atoms with Gasteiger partial charge >= 0.3 is 11.9 Å². The fourth-order valence-corrected chi connectivity index (χ4v) is 2.59. The van der Waals surface area contributed by atoms with Crippen LogP contribution in [0.4, 0.5) is 0 Å². The van der Waals surface area contributed by atoms with Crippen molar-refractivity contribution in [3.8, 4) is 0 Å². The molecule has 0 N–H and O–H groups in total. The van der Waals surface area contributed by atoms with Crippen LogP contribution in [0.5, 0.6) is 0 Å². The van der Waals surface area contributed by atoms with Gasteiger partial charge < -0.3 is 9.47 Å². The molecule has 0 aromatic carbocycles. The number of methoxy groups -OCH3 is 1. The zero-order chi connectivity index (χ0) is 16.1. The minimum atomic E-state index is -0.905. The van der Waals surface area contributed by atoms with E-state index in [-0.39, 0.29) is 23.7 Å². The highest BCUT2D eigenvalue weighted by atomic mass is 32.1. The number of hydrogen-bond donors (Lipinski definition) is 0. The second-order valence-electron chi connectivity index (χ2n) is 4.09. The number of carbonyl (C=O) groups excluding carboxylic acids is 3. The predicted octanol–water partition coefficient (Wildman–Crippen LogP) is 0.920. The number of nitrogens with zero attached hydrogens (tertiary/aromatic N) is 3. The summed E-state index contributed by atoms with van der Waals surface area (Å²) in [5.41, 5.74) is 0.710. The third-order valence-corrected chi connectivity index (χ3v) is 3.70. The summed E-state index contributed by atoms with van der Waals surface area (Å²) in [6.07, 6.45) is 1.27. The van der Waals surface area contributed by atoms with E-state index in [1.165, 1.54) is 18.0 Å². The second kappa shape index (κ2) is 6.94. The van der Waals surface area contributed by atoms with Gasteiger partial charge in [-0.15, -0.1) is 16.4 Å². The standard InChI is InChI=1S/C13H13N3O5S/c1-3-21-13(19)10(17)11-8(4-5-22-11)7-16-9(6-14-15-16)12(18)20-2/h4-6H,3,7H2,1-2H3. The van der Waals surface area contributed by atoms with Crippen molar-refractivity contribution in [3.05, 3.63) is 33.8 Å². The molecule has 8 nitrogen and oxygen atoms in total. The molecule has 0 amide bonds. The summed E-state index contributed by atoms with van der Waals surface area (Å²) in [4.78, 5) is 35.4. The van der Waals surface area contributed by atoms with Gasteiger partial charge in [-0.3, -0.25) is 4.79 Å². The Kier molecular flexibility index (Phi) is 4.99. The van der Waals surface area contributed by atoms with E-state index >= 15 is 0 Å². The largest absolute Gasteiger partial charge is 0.464 e. The quantitative estimate of drug-likeness (QED) is 0.442. The summed E-state index contributed by atoms with van der Waals surface area (Å²) in [7, 11) is 1.25. The Hall–Kier alpha value is -2.55. The number of aromatic nitrogens is 3. The van der Waals surface area contributed by atoms with Gasteiger partial charge in [0.2, 0.25) is 0 Å². The summed E-state index contributed by atoms with van der Waals surface area (Å²) in [5, 5.41) is 9.11. The van der Waals surface area contributed by atoms with Gasteiger partial charge in [-0.05, 0) is 23.9 Å². The fraction of sp³-hybridized carbons (Fsp3) is 0.308. The highest BCUT2D eigenvalue weighted by Gasteiger charge is 2.23. The Balaban J connectivity index is 2.24. The van der Waals surface area contributed by atoms with E-state index in [1.54, 1.807) is 18.4 Å². The number of ketones is 1. The molecule has 116 valence electrons. The third kappa shape index (κ3) is 3.19. The fourth-order valence-electron chi connectivity index (χ4n) is 1.75. The lowest BCUT2D eigenvalue weighted by atomic mass is 10.2. The maximum Gasteiger partial charge on any atom is 0.380 e. The van der Waals surface area contributed by atoms with Gasteiger partial charge in [-0.2, -0.15) is 0 Å². The molecule has 22 heavy (non-hydrogen) atoms. The molecule has 0 spiro atoms. The molecule has 0 unspecified atom stereocenters. The predicted molar refractivity (Wildman–Crippen MR) is 75.7 cm³/mol. The van der Waals surface area contributed by atoms with Gasteiger partial charge in [0.25, 0.3) is 5.78 Å². The van der Waals surface area contributed by atoms with E-state index in [1.807, 2.05) is 0 Å². The molecular formula is C13H13N3O5S. The van der Waals surface area contributed by atoms with Crippen LogP contribution in [0.25, 0.3) is 0 Å². The van der Waals surface area contributed by atoms with Crippen molar-refractivity contribution in [2.75, 3.05) is 13.7 Å². The zero-order valence-corrected chi connectivity index (χ0v) is 12.8. The van der Waals surface area contributed by atoms with Crippen LogP contribution < -0.4 is 0 Å². The van der Waals surface area contributed by atoms with Gasteiger partial charge in [0.1, 0.15) is 0 Å². The summed E-state index contributed by atoms with van der Waals surface area (Å²) in [6, 6.07) is 1.68. The highest BCUT2D eigenvalue weighted by Crippen LogP contribution is 2.19. The van der Waals surface area contributed by atoms with Crippen LogP contribution in [-0.4, -0.2) is 46.4 Å². The van der Waals surface area contributed by atoms with Gasteiger partial charge in [0, 0.05) is 0 Å². The van der Waals surface area contributed by atoms with Gasteiger partial charge in [0.05, 0.1) is 31.3 Å². The van der Waals surface area contributed by atoms with Crippen molar-refractivity contribution < 1.29 is 23.9 Å². The topological polar surface area (TPSA) is 100 Å². The lowest BCUT2D eigenvalue weighted by Crippen LogP contribution is -2.19. The van der Waals surface area contributed by atoms with E-state index in [4.69, 9.17) is 4.74 Å². The third-order valence-electron chi connectivity index (χ3n) is 2.75. The molecule has 0 atom stereocenters. The van der Waals surface area contributed by atoms with Gasteiger partial charge in [-0.1, -0.05) is 5.21 Å². The molecule has 0 bridgehead atoms. The number of ether oxygens (including phenoxy) is 2. The molecule has 2 aromatic heterocycles. The Labute approximate surface area is 129 Å². The van der Waals surface area contributed by atoms with Crippen molar-refractivity contribution in [1.82, 2.24) is 15.0 Å². The monoisotopic (exact) mass is 323 g/mol.